The van der Waals surface area contributed by atoms with Gasteiger partial charge in [-0.3, -0.25) is 19.2 Å². The summed E-state index contributed by atoms with van der Waals surface area (Å²) in [6.45, 7) is 24.1. The van der Waals surface area contributed by atoms with E-state index in [1.54, 1.807) is 70.1 Å². The number of nitrogens with zero attached hydrogens (tertiary/aromatic N) is 4. The van der Waals surface area contributed by atoms with Crippen LogP contribution in [0.3, 0.4) is 0 Å². The van der Waals surface area contributed by atoms with Crippen molar-refractivity contribution in [2.45, 2.75) is 264 Å². The average molecular weight is 1460 g/mol. The molecule has 6 aliphatic heterocycles. The molecule has 0 aromatic carbocycles. The standard InChI is InChI=1S/C36H61IN2O8.C36H62N2O9.CH4/c1-8-30-27(21-37)18-22(2)12-13-28(40)23(3)19-26(14-17-39-15-10-9-11-16-39)35(24(4)29(41)20-31(42)46-30)47-36-34(44)32(38(6)7)33(43)25(5)45-36;1-8-30-27(21-39)18-22(2)12-13-28(40)23(3)19-26(14-17-38-15-10-9-11-16-38)35(24(4)29(41)20-31(42)46-30)47-36-34(44)32(37(6)7)33(43)25(5)45-36;/h12-13,18,23-27,29-30,32-36,41,43-44H,8-11,14-17,19-21H2,1-7H3;12-13,18,23-27,29-30,32-36,39,41,43-44H,8-11,14-17,19-21H2,1-7H3;1H4/b2*13-12+,22-18+;. The molecule has 24 atom stereocenters. The Hall–Kier alpha value is -2.63. The number of aliphatic hydroxyl groups excluding tert-OH is 7. The number of carbonyl (C=O) groups is 4. The topological polar surface area (TPSA) is 278 Å². The van der Waals surface area contributed by atoms with Crippen LogP contribution in [-0.2, 0) is 47.6 Å². The summed E-state index contributed by atoms with van der Waals surface area (Å²) < 4.78 is 38.0. The molecule has 4 saturated heterocycles. The first-order chi connectivity index (χ1) is 44.5. The van der Waals surface area contributed by atoms with Gasteiger partial charge in [0.2, 0.25) is 0 Å². The fourth-order valence-electron chi connectivity index (χ4n) is 14.8. The van der Waals surface area contributed by atoms with Gasteiger partial charge in [0.15, 0.2) is 24.1 Å². The van der Waals surface area contributed by atoms with Crippen molar-refractivity contribution in [1.29, 1.82) is 0 Å². The minimum absolute atomic E-state index is 0. The van der Waals surface area contributed by atoms with Gasteiger partial charge in [-0.05, 0) is 183 Å². The highest BCUT2D eigenvalue weighted by Gasteiger charge is 2.49. The van der Waals surface area contributed by atoms with Gasteiger partial charge in [0.25, 0.3) is 0 Å². The lowest BCUT2D eigenvalue weighted by atomic mass is 9.79. The van der Waals surface area contributed by atoms with E-state index < -0.39 is 121 Å². The van der Waals surface area contributed by atoms with E-state index in [1.807, 2.05) is 67.5 Å². The third-order valence-corrected chi connectivity index (χ3v) is 21.8. The second-order valence-electron chi connectivity index (χ2n) is 28.8. The van der Waals surface area contributed by atoms with E-state index in [1.165, 1.54) is 12.8 Å². The number of piperidine rings is 2. The van der Waals surface area contributed by atoms with Crippen molar-refractivity contribution in [3.05, 3.63) is 47.6 Å². The zero-order valence-corrected chi connectivity index (χ0v) is 61.4. The van der Waals surface area contributed by atoms with Crippen LogP contribution in [0.2, 0.25) is 0 Å². The van der Waals surface area contributed by atoms with E-state index in [-0.39, 0.29) is 74.1 Å². The minimum atomic E-state index is -1.19. The number of rotatable bonds is 16. The Morgan fingerprint density at radius 2 is 0.905 bits per heavy atom. The zero-order chi connectivity index (χ0) is 69.7. The monoisotopic (exact) mass is 1460 g/mol. The summed E-state index contributed by atoms with van der Waals surface area (Å²) in [6, 6.07) is -1.28. The number of carbonyl (C=O) groups excluding carboxylic acids is 4. The Bertz CT molecular complexity index is 2260. The van der Waals surface area contributed by atoms with Gasteiger partial charge in [-0.1, -0.05) is 120 Å². The maximum absolute atomic E-state index is 13.5. The average Bonchev–Trinajstić information content (AvgIpc) is 0.801. The number of ether oxygens (including phenoxy) is 6. The van der Waals surface area contributed by atoms with Crippen LogP contribution in [-0.4, -0.2) is 255 Å². The van der Waals surface area contributed by atoms with Gasteiger partial charge in [0.05, 0.1) is 80.4 Å². The third kappa shape index (κ3) is 25.4. The maximum atomic E-state index is 13.5. The van der Waals surface area contributed by atoms with Crippen LogP contribution in [0.4, 0.5) is 0 Å². The van der Waals surface area contributed by atoms with Crippen molar-refractivity contribution < 1.29 is 83.3 Å². The fourth-order valence-corrected chi connectivity index (χ4v) is 15.6. The number of alkyl halides is 1. The van der Waals surface area contributed by atoms with E-state index >= 15 is 0 Å². The molecule has 0 amide bonds. The molecule has 6 rings (SSSR count). The van der Waals surface area contributed by atoms with Crippen LogP contribution in [0.15, 0.2) is 47.6 Å². The molecule has 22 heteroatoms. The lowest BCUT2D eigenvalue weighted by molar-refractivity contribution is -0.304. The van der Waals surface area contributed by atoms with Crippen molar-refractivity contribution in [2.75, 3.05) is 78.5 Å². The Morgan fingerprint density at radius 1 is 0.547 bits per heavy atom. The number of aliphatic hydroxyl groups is 7. The van der Waals surface area contributed by atoms with Gasteiger partial charge >= 0.3 is 11.9 Å². The highest BCUT2D eigenvalue weighted by atomic mass is 127. The molecule has 24 unspecified atom stereocenters. The summed E-state index contributed by atoms with van der Waals surface area (Å²) in [6.07, 6.45) is 8.42. The zero-order valence-electron chi connectivity index (χ0n) is 59.3. The Balaban J connectivity index is 0.000000400. The van der Waals surface area contributed by atoms with Crippen molar-refractivity contribution in [3.8, 4) is 0 Å². The third-order valence-electron chi connectivity index (χ3n) is 20.8. The molecule has 4 fully saturated rings. The normalized spacial score (nSPS) is 40.5. The summed E-state index contributed by atoms with van der Waals surface area (Å²) in [5.74, 6) is -3.86. The predicted molar refractivity (Wildman–Crippen MR) is 377 cm³/mol. The number of ketones is 2. The molecule has 0 aromatic heterocycles. The predicted octanol–water partition coefficient (Wildman–Crippen LogP) is 7.46. The highest BCUT2D eigenvalue weighted by Crippen LogP contribution is 2.38. The Kier molecular flexibility index (Phi) is 37.4. The largest absolute Gasteiger partial charge is 0.462 e. The molecule has 6 heterocycles. The van der Waals surface area contributed by atoms with E-state index in [9.17, 15) is 54.9 Å². The summed E-state index contributed by atoms with van der Waals surface area (Å²) in [4.78, 5) is 61.9. The second kappa shape index (κ2) is 42.0. The molecule has 0 saturated carbocycles. The number of allylic oxidation sites excluding steroid dienone is 6. The molecule has 95 heavy (non-hydrogen) atoms. The van der Waals surface area contributed by atoms with Gasteiger partial charge in [-0.2, -0.15) is 0 Å². The number of halogens is 1. The first kappa shape index (κ1) is 84.8. The first-order valence-electron chi connectivity index (χ1n) is 35.4. The summed E-state index contributed by atoms with van der Waals surface area (Å²) in [5.41, 5.74) is 1.71. The summed E-state index contributed by atoms with van der Waals surface area (Å²) >= 11 is 2.29. The van der Waals surface area contributed by atoms with Crippen LogP contribution in [0.5, 0.6) is 0 Å². The van der Waals surface area contributed by atoms with Gasteiger partial charge in [0, 0.05) is 39.9 Å². The molecular formula is C73H127IN4O17. The smallest absolute Gasteiger partial charge is 0.308 e. The molecule has 0 spiro atoms. The van der Waals surface area contributed by atoms with Crippen LogP contribution in [0.1, 0.15) is 167 Å². The molecule has 0 bridgehead atoms. The first-order valence-corrected chi connectivity index (χ1v) is 36.9. The van der Waals surface area contributed by atoms with Crippen LogP contribution in [0, 0.1) is 47.3 Å². The number of cyclic esters (lactones) is 2. The number of hydrogen-bond donors (Lipinski definition) is 7. The van der Waals surface area contributed by atoms with E-state index in [2.05, 4.69) is 38.5 Å². The van der Waals surface area contributed by atoms with Crippen molar-refractivity contribution >= 4 is 46.1 Å². The summed E-state index contributed by atoms with van der Waals surface area (Å²) in [7, 11) is 7.14. The quantitative estimate of drug-likeness (QED) is 0.0449. The SMILES string of the molecule is C.CCC1OC(=O)CC(O)C(C)C(OC2OC(C)C(O)C(N(C)C)C2O)C(CCN2CCCCC2)CC(C)C(=O)/C=C/C(C)=C/C1CI.CCC1OC(=O)CC(O)C(C)C(OC2OC(C)C(O)C(N(C)C)C2O)C(CCN2CCCCC2)CC(C)C(=O)/C=C/C(C)=C/C1CO. The number of likely N-dealkylation sites (N-methyl/N-ethyl adjacent to an activating group) is 2. The molecule has 7 N–H and O–H groups in total. The molecule has 21 nitrogen and oxygen atoms in total. The Labute approximate surface area is 583 Å². The van der Waals surface area contributed by atoms with Crippen LogP contribution >= 0.6 is 22.6 Å². The Morgan fingerprint density at radius 3 is 1.24 bits per heavy atom. The number of esters is 2. The van der Waals surface area contributed by atoms with Crippen molar-refractivity contribution in [1.82, 2.24) is 19.6 Å². The lowest BCUT2D eigenvalue weighted by Gasteiger charge is -2.47. The van der Waals surface area contributed by atoms with Gasteiger partial charge in [0.1, 0.15) is 24.4 Å². The summed E-state index contributed by atoms with van der Waals surface area (Å²) in [5, 5.41) is 77.7. The second-order valence-corrected chi connectivity index (χ2v) is 29.6. The van der Waals surface area contributed by atoms with Crippen molar-refractivity contribution in [2.24, 2.45) is 47.3 Å². The van der Waals surface area contributed by atoms with E-state index in [0.29, 0.717) is 38.5 Å². The fraction of sp³-hybridized carbons (Fsp3) is 0.836. The van der Waals surface area contributed by atoms with Gasteiger partial charge in [-0.15, -0.1) is 0 Å². The molecule has 0 aliphatic carbocycles. The van der Waals surface area contributed by atoms with E-state index in [0.717, 1.165) is 80.5 Å². The molecule has 548 valence electrons. The van der Waals surface area contributed by atoms with Crippen molar-refractivity contribution in [3.63, 3.8) is 0 Å². The van der Waals surface area contributed by atoms with Gasteiger partial charge < -0.3 is 83.8 Å². The minimum Gasteiger partial charge on any atom is -0.462 e. The molecule has 0 aromatic rings. The van der Waals surface area contributed by atoms with E-state index in [4.69, 9.17) is 28.4 Å². The maximum Gasteiger partial charge on any atom is 0.308 e. The molecular weight excluding hydrogens is 1330 g/mol. The van der Waals surface area contributed by atoms with Gasteiger partial charge in [-0.25, -0.2) is 0 Å². The lowest BCUT2D eigenvalue weighted by Crippen LogP contribution is -2.63. The highest BCUT2D eigenvalue weighted by molar-refractivity contribution is 14.1. The molecule has 6 aliphatic rings. The molecule has 0 radical (unpaired) electrons. The number of likely N-dealkylation sites (tertiary alicyclic amines) is 2. The van der Waals surface area contributed by atoms with Crippen LogP contribution in [0.25, 0.3) is 0 Å². The van der Waals surface area contributed by atoms with Crippen LogP contribution < -0.4 is 0 Å². The number of hydrogen-bond acceptors (Lipinski definition) is 21.